The van der Waals surface area contributed by atoms with Crippen molar-refractivity contribution in [1.82, 2.24) is 10.2 Å². The summed E-state index contributed by atoms with van der Waals surface area (Å²) in [6.07, 6.45) is 4.73. The molecule has 0 aliphatic carbocycles. The molecule has 1 aliphatic rings. The molecular formula is C14H28N2. The topological polar surface area (TPSA) is 15.3 Å². The molecule has 1 N–H and O–H groups in total. The molecule has 0 bridgehead atoms. The Labute approximate surface area is 101 Å². The molecule has 1 atom stereocenters. The van der Waals surface area contributed by atoms with Crippen LogP contribution in [0.3, 0.4) is 0 Å². The van der Waals surface area contributed by atoms with Crippen LogP contribution in [0.25, 0.3) is 0 Å². The quantitative estimate of drug-likeness (QED) is 0.697. The fraction of sp³-hybridized carbons (Fsp3) is 0.857. The van der Waals surface area contributed by atoms with Gasteiger partial charge in [0.05, 0.1) is 0 Å². The Bertz CT molecular complexity index is 205. The van der Waals surface area contributed by atoms with Crippen LogP contribution < -0.4 is 5.32 Å². The molecule has 0 radical (unpaired) electrons. The molecule has 2 heteroatoms. The van der Waals surface area contributed by atoms with E-state index in [1.807, 2.05) is 6.08 Å². The number of hydrogen-bond donors (Lipinski definition) is 1. The summed E-state index contributed by atoms with van der Waals surface area (Å²) in [7, 11) is 0. The second-order valence-corrected chi connectivity index (χ2v) is 5.65. The summed E-state index contributed by atoms with van der Waals surface area (Å²) in [6.45, 7) is 16.6. The standard InChI is InChI=1S/C14H28N2/c1-5-10-16(6-2)12-14(3,4)13-8-7-9-15-11-13/h5,13,15H,1,6-12H2,2-4H3. The Kier molecular flexibility index (Phi) is 5.50. The molecule has 16 heavy (non-hydrogen) atoms. The minimum Gasteiger partial charge on any atom is -0.316 e. The number of piperidine rings is 1. The third-order valence-electron chi connectivity index (χ3n) is 3.87. The van der Waals surface area contributed by atoms with Crippen molar-refractivity contribution in [1.29, 1.82) is 0 Å². The van der Waals surface area contributed by atoms with E-state index in [0.29, 0.717) is 5.41 Å². The van der Waals surface area contributed by atoms with Crippen LogP contribution in [0.5, 0.6) is 0 Å². The molecule has 1 rings (SSSR count). The summed E-state index contributed by atoms with van der Waals surface area (Å²) < 4.78 is 0. The Hall–Kier alpha value is -0.340. The summed E-state index contributed by atoms with van der Waals surface area (Å²) in [5.41, 5.74) is 0.409. The summed E-state index contributed by atoms with van der Waals surface area (Å²) in [5, 5.41) is 3.53. The first-order valence-electron chi connectivity index (χ1n) is 6.64. The van der Waals surface area contributed by atoms with Crippen molar-refractivity contribution in [3.8, 4) is 0 Å². The minimum absolute atomic E-state index is 0.409. The molecule has 1 unspecified atom stereocenters. The predicted octanol–water partition coefficient (Wildman–Crippen LogP) is 2.52. The van der Waals surface area contributed by atoms with Gasteiger partial charge in [-0.3, -0.25) is 4.90 Å². The number of nitrogens with one attached hydrogen (secondary N) is 1. The van der Waals surface area contributed by atoms with Crippen molar-refractivity contribution in [2.45, 2.75) is 33.6 Å². The highest BCUT2D eigenvalue weighted by atomic mass is 15.1. The van der Waals surface area contributed by atoms with Crippen molar-refractivity contribution in [2.75, 3.05) is 32.7 Å². The van der Waals surface area contributed by atoms with Gasteiger partial charge < -0.3 is 5.32 Å². The highest BCUT2D eigenvalue weighted by molar-refractivity contribution is 4.86. The zero-order valence-electron chi connectivity index (χ0n) is 11.3. The van der Waals surface area contributed by atoms with Gasteiger partial charge in [-0.15, -0.1) is 6.58 Å². The first kappa shape index (κ1) is 13.7. The van der Waals surface area contributed by atoms with Gasteiger partial charge >= 0.3 is 0 Å². The van der Waals surface area contributed by atoms with Crippen molar-refractivity contribution < 1.29 is 0 Å². The molecule has 2 nitrogen and oxygen atoms in total. The molecular weight excluding hydrogens is 196 g/mol. The van der Waals surface area contributed by atoms with Gasteiger partial charge in [-0.2, -0.15) is 0 Å². The zero-order chi connectivity index (χ0) is 12.0. The van der Waals surface area contributed by atoms with Crippen LogP contribution >= 0.6 is 0 Å². The molecule has 1 saturated heterocycles. The van der Waals surface area contributed by atoms with Gasteiger partial charge in [0.2, 0.25) is 0 Å². The lowest BCUT2D eigenvalue weighted by molar-refractivity contribution is 0.110. The monoisotopic (exact) mass is 224 g/mol. The molecule has 0 aromatic heterocycles. The van der Waals surface area contributed by atoms with Crippen LogP contribution in [-0.2, 0) is 0 Å². The second-order valence-electron chi connectivity index (χ2n) is 5.65. The van der Waals surface area contributed by atoms with E-state index < -0.39 is 0 Å². The Morgan fingerprint density at radius 2 is 2.25 bits per heavy atom. The van der Waals surface area contributed by atoms with Gasteiger partial charge in [0.1, 0.15) is 0 Å². The first-order valence-corrected chi connectivity index (χ1v) is 6.64. The van der Waals surface area contributed by atoms with Crippen molar-refractivity contribution in [3.63, 3.8) is 0 Å². The van der Waals surface area contributed by atoms with Crippen LogP contribution in [0, 0.1) is 11.3 Å². The van der Waals surface area contributed by atoms with E-state index in [-0.39, 0.29) is 0 Å². The second kappa shape index (κ2) is 6.41. The molecule has 1 fully saturated rings. The van der Waals surface area contributed by atoms with Gasteiger partial charge in [-0.05, 0) is 43.8 Å². The normalized spacial score (nSPS) is 22.4. The van der Waals surface area contributed by atoms with Gasteiger partial charge in [-0.1, -0.05) is 26.8 Å². The summed E-state index contributed by atoms with van der Waals surface area (Å²) >= 11 is 0. The van der Waals surface area contributed by atoms with Crippen molar-refractivity contribution in [2.24, 2.45) is 11.3 Å². The van der Waals surface area contributed by atoms with Gasteiger partial charge in [0, 0.05) is 13.1 Å². The van der Waals surface area contributed by atoms with E-state index in [1.54, 1.807) is 0 Å². The smallest absolute Gasteiger partial charge is 0.0160 e. The Morgan fingerprint density at radius 1 is 1.50 bits per heavy atom. The van der Waals surface area contributed by atoms with E-state index >= 15 is 0 Å². The number of rotatable bonds is 6. The summed E-state index contributed by atoms with van der Waals surface area (Å²) in [5.74, 6) is 0.820. The van der Waals surface area contributed by atoms with Crippen LogP contribution in [0.15, 0.2) is 12.7 Å². The van der Waals surface area contributed by atoms with E-state index in [1.165, 1.54) is 32.5 Å². The molecule has 94 valence electrons. The van der Waals surface area contributed by atoms with Crippen LogP contribution in [-0.4, -0.2) is 37.6 Å². The lowest BCUT2D eigenvalue weighted by atomic mass is 9.74. The molecule has 0 aromatic carbocycles. The van der Waals surface area contributed by atoms with Gasteiger partial charge in [0.15, 0.2) is 0 Å². The van der Waals surface area contributed by atoms with Crippen molar-refractivity contribution in [3.05, 3.63) is 12.7 Å². The third-order valence-corrected chi connectivity index (χ3v) is 3.87. The van der Waals surface area contributed by atoms with E-state index in [4.69, 9.17) is 0 Å². The zero-order valence-corrected chi connectivity index (χ0v) is 11.3. The van der Waals surface area contributed by atoms with Crippen LogP contribution in [0.1, 0.15) is 33.6 Å². The average molecular weight is 224 g/mol. The van der Waals surface area contributed by atoms with Crippen LogP contribution in [0.4, 0.5) is 0 Å². The molecule has 0 aromatic rings. The Morgan fingerprint density at radius 3 is 2.75 bits per heavy atom. The minimum atomic E-state index is 0.409. The summed E-state index contributed by atoms with van der Waals surface area (Å²) in [6, 6.07) is 0. The molecule has 1 aliphatic heterocycles. The molecule has 1 heterocycles. The SMILES string of the molecule is C=CCN(CC)CC(C)(C)C1CCCNC1. The third kappa shape index (κ3) is 3.91. The summed E-state index contributed by atoms with van der Waals surface area (Å²) in [4.78, 5) is 2.49. The van der Waals surface area contributed by atoms with Gasteiger partial charge in [-0.25, -0.2) is 0 Å². The molecule has 0 spiro atoms. The van der Waals surface area contributed by atoms with Crippen molar-refractivity contribution >= 4 is 0 Å². The van der Waals surface area contributed by atoms with E-state index in [2.05, 4.69) is 37.6 Å². The number of hydrogen-bond acceptors (Lipinski definition) is 2. The van der Waals surface area contributed by atoms with Crippen LogP contribution in [0.2, 0.25) is 0 Å². The molecule has 0 amide bonds. The Balaban J connectivity index is 2.50. The largest absolute Gasteiger partial charge is 0.316 e. The number of nitrogens with zero attached hydrogens (tertiary/aromatic N) is 1. The van der Waals surface area contributed by atoms with Gasteiger partial charge in [0.25, 0.3) is 0 Å². The maximum Gasteiger partial charge on any atom is 0.0160 e. The maximum atomic E-state index is 3.84. The first-order chi connectivity index (χ1) is 7.60. The van der Waals surface area contributed by atoms with E-state index in [0.717, 1.165) is 19.0 Å². The highest BCUT2D eigenvalue weighted by Crippen LogP contribution is 2.32. The fourth-order valence-electron chi connectivity index (χ4n) is 2.71. The lowest BCUT2D eigenvalue weighted by Crippen LogP contribution is -2.44. The fourth-order valence-corrected chi connectivity index (χ4v) is 2.71. The maximum absolute atomic E-state index is 3.84. The average Bonchev–Trinajstić information content (AvgIpc) is 2.29. The number of likely N-dealkylation sites (N-methyl/N-ethyl adjacent to an activating group) is 1. The highest BCUT2D eigenvalue weighted by Gasteiger charge is 2.31. The lowest BCUT2D eigenvalue weighted by Gasteiger charge is -2.40. The predicted molar refractivity (Wildman–Crippen MR) is 71.7 cm³/mol. The van der Waals surface area contributed by atoms with E-state index in [9.17, 15) is 0 Å². The molecule has 0 saturated carbocycles.